The number of rotatable bonds is 14. The summed E-state index contributed by atoms with van der Waals surface area (Å²) in [5, 5.41) is 0. The molecule has 2 aromatic carbocycles. The Morgan fingerprint density at radius 3 is 2.35 bits per heavy atom. The maximum atomic E-state index is 13.3. The van der Waals surface area contributed by atoms with Crippen molar-refractivity contribution in [2.45, 2.75) is 65.7 Å². The second-order valence-corrected chi connectivity index (χ2v) is 13.1. The third-order valence-electron chi connectivity index (χ3n) is 8.87. The van der Waals surface area contributed by atoms with Crippen LogP contribution in [0, 0.1) is 11.8 Å². The van der Waals surface area contributed by atoms with Crippen LogP contribution in [-0.4, -0.2) is 62.8 Å². The quantitative estimate of drug-likeness (QED) is 0.124. The molecule has 2 aromatic rings. The predicted octanol–water partition coefficient (Wildman–Crippen LogP) is 7.86. The van der Waals surface area contributed by atoms with Gasteiger partial charge >= 0.3 is 0 Å². The number of carbonyl (C=O) groups is 2. The number of fused-ring (bicyclic) bond motifs is 3. The van der Waals surface area contributed by atoms with Crippen molar-refractivity contribution in [3.8, 4) is 23.0 Å². The molecule has 260 valence electrons. The lowest BCUT2D eigenvalue weighted by molar-refractivity contribution is 0.0832. The molecule has 0 aromatic heterocycles. The van der Waals surface area contributed by atoms with Gasteiger partial charge in [0.2, 0.25) is 0 Å². The average molecular weight is 668 g/mol. The second kappa shape index (κ2) is 17.2. The van der Waals surface area contributed by atoms with Gasteiger partial charge in [-0.3, -0.25) is 14.6 Å². The minimum Gasteiger partial charge on any atom is -0.493 e. The highest BCUT2D eigenvalue weighted by atomic mass is 16.5. The number of hydrogen-bond donors (Lipinski definition) is 1. The fourth-order valence-electron chi connectivity index (χ4n) is 6.38. The molecule has 2 aliphatic heterocycles. The average Bonchev–Trinajstić information content (AvgIpc) is 3.46. The van der Waals surface area contributed by atoms with Crippen molar-refractivity contribution in [1.82, 2.24) is 4.90 Å². The van der Waals surface area contributed by atoms with Crippen molar-refractivity contribution in [3.63, 3.8) is 0 Å². The molecule has 1 amide bonds. The molecule has 0 spiro atoms. The molecule has 2 atom stereocenters. The van der Waals surface area contributed by atoms with Crippen LogP contribution in [0.1, 0.15) is 92.0 Å². The lowest BCUT2D eigenvalue weighted by Gasteiger charge is -2.21. The molecule has 2 unspecified atom stereocenters. The van der Waals surface area contributed by atoms with Crippen LogP contribution in [0.25, 0.3) is 6.08 Å². The van der Waals surface area contributed by atoms with Crippen molar-refractivity contribution in [3.05, 3.63) is 76.2 Å². The fraction of sp³-hybridized carbons (Fsp3) is 0.450. The number of nitrogens with zero attached hydrogens (tertiary/aromatic N) is 2. The van der Waals surface area contributed by atoms with Crippen LogP contribution in [-0.2, 0) is 0 Å². The number of Topliss-reactive ketones (excluding diaryl/α,β-unsaturated/α-hetero) is 1. The maximum Gasteiger partial charge on any atom is 0.258 e. The Labute approximate surface area is 290 Å². The van der Waals surface area contributed by atoms with Gasteiger partial charge in [0.25, 0.3) is 5.91 Å². The number of benzene rings is 2. The molecule has 3 aliphatic rings. The minimum absolute atomic E-state index is 0.0763. The molecule has 1 aliphatic carbocycles. The summed E-state index contributed by atoms with van der Waals surface area (Å²) < 4.78 is 24.0. The summed E-state index contributed by atoms with van der Waals surface area (Å²) >= 11 is 0. The van der Waals surface area contributed by atoms with Crippen molar-refractivity contribution < 1.29 is 28.5 Å². The van der Waals surface area contributed by atoms with Gasteiger partial charge in [0.05, 0.1) is 44.7 Å². The van der Waals surface area contributed by atoms with E-state index in [1.54, 1.807) is 30.2 Å². The number of methoxy groups -OCH3 is 1. The van der Waals surface area contributed by atoms with Gasteiger partial charge in [-0.25, -0.2) is 0 Å². The van der Waals surface area contributed by atoms with E-state index in [0.717, 1.165) is 43.2 Å². The Morgan fingerprint density at radius 1 is 0.939 bits per heavy atom. The predicted molar refractivity (Wildman–Crippen MR) is 194 cm³/mol. The number of ketones is 1. The number of carbonyl (C=O) groups excluding carboxylic acids is 2. The van der Waals surface area contributed by atoms with Crippen molar-refractivity contribution >= 4 is 29.7 Å². The zero-order chi connectivity index (χ0) is 34.8. The number of nitrogens with two attached hydrogens (primary N) is 1. The second-order valence-electron chi connectivity index (χ2n) is 13.1. The molecule has 0 saturated carbocycles. The van der Waals surface area contributed by atoms with E-state index >= 15 is 0 Å². The molecule has 5 rings (SSSR count). The van der Waals surface area contributed by atoms with Crippen LogP contribution in [0.2, 0.25) is 0 Å². The first-order chi connectivity index (χ1) is 23.8. The molecule has 49 heavy (non-hydrogen) atoms. The zero-order valence-electron chi connectivity index (χ0n) is 29.3. The van der Waals surface area contributed by atoms with Crippen LogP contribution >= 0.6 is 0 Å². The van der Waals surface area contributed by atoms with Gasteiger partial charge in [-0.05, 0) is 108 Å². The first-order valence-corrected chi connectivity index (χ1v) is 17.4. The van der Waals surface area contributed by atoms with E-state index in [1.165, 1.54) is 5.57 Å². The van der Waals surface area contributed by atoms with Crippen LogP contribution < -0.4 is 24.7 Å². The number of ether oxygens (including phenoxy) is 4. The highest BCUT2D eigenvalue weighted by Gasteiger charge is 2.28. The number of unbranched alkanes of at least 4 members (excludes halogenated alkanes) is 2. The van der Waals surface area contributed by atoms with E-state index in [4.69, 9.17) is 29.7 Å². The number of allylic oxidation sites excluding steroid dienone is 3. The Kier molecular flexibility index (Phi) is 12.5. The molecular weight excluding hydrogens is 618 g/mol. The fourth-order valence-corrected chi connectivity index (χ4v) is 6.38. The molecule has 0 fully saturated rings. The van der Waals surface area contributed by atoms with Gasteiger partial charge in [-0.1, -0.05) is 17.2 Å². The maximum absolute atomic E-state index is 13.3. The molecule has 0 saturated heterocycles. The SMILES string of the molecule is COc1cc2c(cc1OCCCCCOc1cc3c(cc1OCCCN)C(=O)CCC1C=C(C)CC1C=N3)C=C=CCN(C=C(C)C)C2=O. The Balaban J connectivity index is 1.19. The highest BCUT2D eigenvalue weighted by molar-refractivity contribution is 6.02. The topological polar surface area (TPSA) is 113 Å². The van der Waals surface area contributed by atoms with E-state index in [2.05, 4.69) is 18.7 Å². The van der Waals surface area contributed by atoms with E-state index in [0.29, 0.717) is 97.4 Å². The van der Waals surface area contributed by atoms with Crippen LogP contribution in [0.5, 0.6) is 23.0 Å². The monoisotopic (exact) mass is 667 g/mol. The van der Waals surface area contributed by atoms with Gasteiger partial charge in [0, 0.05) is 36.4 Å². The summed E-state index contributed by atoms with van der Waals surface area (Å²) in [5.41, 5.74) is 13.7. The largest absolute Gasteiger partial charge is 0.493 e. The summed E-state index contributed by atoms with van der Waals surface area (Å²) in [6, 6.07) is 7.23. The van der Waals surface area contributed by atoms with Crippen LogP contribution in [0.4, 0.5) is 5.69 Å². The van der Waals surface area contributed by atoms with Gasteiger partial charge in [0.1, 0.15) is 0 Å². The summed E-state index contributed by atoms with van der Waals surface area (Å²) in [5.74, 6) is 2.86. The van der Waals surface area contributed by atoms with E-state index in [1.807, 2.05) is 44.5 Å². The summed E-state index contributed by atoms with van der Waals surface area (Å²) in [4.78, 5) is 33.1. The van der Waals surface area contributed by atoms with Crippen LogP contribution in [0.15, 0.2) is 64.5 Å². The van der Waals surface area contributed by atoms with Crippen molar-refractivity contribution in [2.75, 3.05) is 40.0 Å². The standard InChI is InChI=1S/C40H49N3O6/c1-27(2)26-43-15-7-6-11-30-21-37(36(46-4)22-32(30)40(43)45)47-16-8-5-9-17-48-39-24-34-33(23-38(39)49-18-10-14-41)35(44)13-12-29-19-28(3)20-31(29)25-42-34/h7,11,19,21-26,29,31H,5,8-10,12-18,20,41H2,1-4H3. The van der Waals surface area contributed by atoms with Crippen LogP contribution in [0.3, 0.4) is 0 Å². The molecule has 9 heteroatoms. The molecule has 9 nitrogen and oxygen atoms in total. The molecule has 2 N–H and O–H groups in total. The highest BCUT2D eigenvalue weighted by Crippen LogP contribution is 2.40. The Morgan fingerprint density at radius 2 is 1.63 bits per heavy atom. The van der Waals surface area contributed by atoms with E-state index in [9.17, 15) is 9.59 Å². The number of amides is 1. The van der Waals surface area contributed by atoms with Gasteiger partial charge in [0.15, 0.2) is 28.8 Å². The first kappa shape index (κ1) is 35.7. The Bertz CT molecular complexity index is 1680. The molecule has 2 heterocycles. The van der Waals surface area contributed by atoms with E-state index < -0.39 is 0 Å². The van der Waals surface area contributed by atoms with Gasteiger partial charge < -0.3 is 29.6 Å². The smallest absolute Gasteiger partial charge is 0.258 e. The minimum atomic E-state index is -0.100. The number of hydrogen-bond acceptors (Lipinski definition) is 8. The first-order valence-electron chi connectivity index (χ1n) is 17.4. The van der Waals surface area contributed by atoms with Gasteiger partial charge in [-0.15, -0.1) is 5.73 Å². The molecule has 0 radical (unpaired) electrons. The summed E-state index contributed by atoms with van der Waals surface area (Å²) in [6.07, 6.45) is 15.2. The summed E-state index contributed by atoms with van der Waals surface area (Å²) in [7, 11) is 1.58. The van der Waals surface area contributed by atoms with E-state index in [-0.39, 0.29) is 11.7 Å². The molecule has 0 bridgehead atoms. The molecular formula is C40H49N3O6. The summed E-state index contributed by atoms with van der Waals surface area (Å²) in [6.45, 7) is 8.43. The van der Waals surface area contributed by atoms with Gasteiger partial charge in [-0.2, -0.15) is 0 Å². The normalized spacial score (nSPS) is 18.2. The number of aliphatic imine (C=N–C) groups is 1. The third kappa shape index (κ3) is 9.31. The Hall–Kier alpha value is -4.59. The lowest BCUT2D eigenvalue weighted by Crippen LogP contribution is -2.27. The van der Waals surface area contributed by atoms with Crippen molar-refractivity contribution in [1.29, 1.82) is 0 Å². The van der Waals surface area contributed by atoms with Crippen molar-refractivity contribution in [2.24, 2.45) is 22.6 Å². The third-order valence-corrected chi connectivity index (χ3v) is 8.87. The zero-order valence-corrected chi connectivity index (χ0v) is 29.3. The lowest BCUT2D eigenvalue weighted by atomic mass is 9.91.